The summed E-state index contributed by atoms with van der Waals surface area (Å²) in [5.74, 6) is -0.0512. The first-order valence-electron chi connectivity index (χ1n) is 5.01. The van der Waals surface area contributed by atoms with Crippen molar-refractivity contribution in [2.75, 3.05) is 26.7 Å². The van der Waals surface area contributed by atoms with Crippen LogP contribution in [0.5, 0.6) is 0 Å². The van der Waals surface area contributed by atoms with Gasteiger partial charge in [0.25, 0.3) is 0 Å². The van der Waals surface area contributed by atoms with Crippen molar-refractivity contribution in [1.82, 2.24) is 4.90 Å². The maximum atomic E-state index is 11.2. The number of rotatable bonds is 3. The summed E-state index contributed by atoms with van der Waals surface area (Å²) in [4.78, 5) is 13.5. The van der Waals surface area contributed by atoms with Crippen molar-refractivity contribution in [2.24, 2.45) is 11.7 Å². The van der Waals surface area contributed by atoms with Crippen molar-refractivity contribution in [3.8, 4) is 0 Å². The fourth-order valence-corrected chi connectivity index (χ4v) is 1.91. The Morgan fingerprint density at radius 2 is 2.20 bits per heavy atom. The summed E-state index contributed by atoms with van der Waals surface area (Å²) in [7, 11) is 1.44. The molecule has 0 radical (unpaired) electrons. The monoisotopic (exact) mass is 236 g/mol. The maximum absolute atomic E-state index is 11.2. The van der Waals surface area contributed by atoms with E-state index in [2.05, 4.69) is 4.90 Å². The van der Waals surface area contributed by atoms with Crippen LogP contribution >= 0.6 is 12.4 Å². The normalized spacial score (nSPS) is 22.3. The highest BCUT2D eigenvalue weighted by Crippen LogP contribution is 2.18. The van der Waals surface area contributed by atoms with Crippen LogP contribution in [0.3, 0.4) is 0 Å². The zero-order chi connectivity index (χ0) is 10.8. The lowest BCUT2D eigenvalue weighted by molar-refractivity contribution is -0.144. The number of carbonyl (C=O) groups is 1. The van der Waals surface area contributed by atoms with E-state index in [-0.39, 0.29) is 29.8 Å². The molecule has 1 unspecified atom stereocenters. The van der Waals surface area contributed by atoms with Gasteiger partial charge in [-0.05, 0) is 26.8 Å². The number of likely N-dealkylation sites (tertiary alicyclic amines) is 1. The van der Waals surface area contributed by atoms with Crippen molar-refractivity contribution >= 4 is 18.4 Å². The number of esters is 1. The number of ether oxygens (including phenoxy) is 1. The molecule has 0 aromatic heterocycles. The van der Waals surface area contributed by atoms with E-state index >= 15 is 0 Å². The molecule has 15 heavy (non-hydrogen) atoms. The molecule has 0 saturated carbocycles. The molecule has 1 rings (SSSR count). The molecule has 90 valence electrons. The Balaban J connectivity index is 0.00000196. The average molecular weight is 237 g/mol. The Morgan fingerprint density at radius 3 is 2.67 bits per heavy atom. The van der Waals surface area contributed by atoms with Gasteiger partial charge in [-0.2, -0.15) is 0 Å². The molecule has 4 nitrogen and oxygen atoms in total. The minimum atomic E-state index is -0.189. The van der Waals surface area contributed by atoms with Crippen LogP contribution in [-0.2, 0) is 9.53 Å². The van der Waals surface area contributed by atoms with Gasteiger partial charge in [0.05, 0.1) is 13.0 Å². The van der Waals surface area contributed by atoms with Crippen LogP contribution in [0, 0.1) is 5.92 Å². The van der Waals surface area contributed by atoms with E-state index in [0.29, 0.717) is 0 Å². The SMILES string of the molecule is COC(=O)C1CCN(CC(C)(C)N)C1.Cl. The molecular weight excluding hydrogens is 216 g/mol. The van der Waals surface area contributed by atoms with Crippen LogP contribution in [0.1, 0.15) is 20.3 Å². The number of nitrogens with two attached hydrogens (primary N) is 1. The van der Waals surface area contributed by atoms with E-state index in [1.54, 1.807) is 0 Å². The number of methoxy groups -OCH3 is 1. The van der Waals surface area contributed by atoms with Crippen LogP contribution in [0.2, 0.25) is 0 Å². The fraction of sp³-hybridized carbons (Fsp3) is 0.900. The Labute approximate surface area is 97.5 Å². The molecule has 1 aliphatic heterocycles. The van der Waals surface area contributed by atoms with E-state index in [4.69, 9.17) is 10.5 Å². The summed E-state index contributed by atoms with van der Waals surface area (Å²) in [6, 6.07) is 0. The third-order valence-corrected chi connectivity index (χ3v) is 2.44. The van der Waals surface area contributed by atoms with Crippen molar-refractivity contribution in [1.29, 1.82) is 0 Å². The van der Waals surface area contributed by atoms with Gasteiger partial charge in [0.15, 0.2) is 0 Å². The van der Waals surface area contributed by atoms with Crippen molar-refractivity contribution in [3.05, 3.63) is 0 Å². The minimum absolute atomic E-state index is 0. The summed E-state index contributed by atoms with van der Waals surface area (Å²) in [6.45, 7) is 6.56. The van der Waals surface area contributed by atoms with Crippen LogP contribution in [0.25, 0.3) is 0 Å². The Hall–Kier alpha value is -0.320. The first kappa shape index (κ1) is 14.7. The summed E-state index contributed by atoms with van der Waals surface area (Å²) in [5, 5.41) is 0. The standard InChI is InChI=1S/C10H20N2O2.ClH/c1-10(2,11)7-12-5-4-8(6-12)9(13)14-3;/h8H,4-7,11H2,1-3H3;1H. The highest BCUT2D eigenvalue weighted by atomic mass is 35.5. The summed E-state index contributed by atoms with van der Waals surface area (Å²) in [6.07, 6.45) is 0.892. The fourth-order valence-electron chi connectivity index (χ4n) is 1.91. The number of halogens is 1. The van der Waals surface area contributed by atoms with E-state index in [1.165, 1.54) is 7.11 Å². The molecular formula is C10H21ClN2O2. The van der Waals surface area contributed by atoms with Crippen molar-refractivity contribution < 1.29 is 9.53 Å². The molecule has 0 bridgehead atoms. The topological polar surface area (TPSA) is 55.6 Å². The van der Waals surface area contributed by atoms with E-state index in [9.17, 15) is 4.79 Å². The highest BCUT2D eigenvalue weighted by molar-refractivity contribution is 5.85. The zero-order valence-electron chi connectivity index (χ0n) is 9.66. The smallest absolute Gasteiger partial charge is 0.310 e. The number of nitrogens with zero attached hydrogens (tertiary/aromatic N) is 1. The first-order chi connectivity index (χ1) is 6.42. The largest absolute Gasteiger partial charge is 0.469 e. The van der Waals surface area contributed by atoms with Gasteiger partial charge in [-0.3, -0.25) is 4.79 Å². The predicted molar refractivity (Wildman–Crippen MR) is 62.1 cm³/mol. The molecule has 0 aromatic carbocycles. The molecule has 0 amide bonds. The van der Waals surface area contributed by atoms with Gasteiger partial charge >= 0.3 is 5.97 Å². The Kier molecular flexibility index (Phi) is 5.56. The molecule has 1 atom stereocenters. The zero-order valence-corrected chi connectivity index (χ0v) is 10.5. The minimum Gasteiger partial charge on any atom is -0.469 e. The predicted octanol–water partition coefficient (Wildman–Crippen LogP) is 0.640. The van der Waals surface area contributed by atoms with E-state index in [0.717, 1.165) is 26.1 Å². The van der Waals surface area contributed by atoms with Crippen LogP contribution in [-0.4, -0.2) is 43.2 Å². The van der Waals surface area contributed by atoms with Gasteiger partial charge in [-0.1, -0.05) is 0 Å². The molecule has 0 aromatic rings. The summed E-state index contributed by atoms with van der Waals surface area (Å²) in [5.41, 5.74) is 5.72. The molecule has 0 spiro atoms. The molecule has 1 saturated heterocycles. The third-order valence-electron chi connectivity index (χ3n) is 2.44. The van der Waals surface area contributed by atoms with Gasteiger partial charge in [0, 0.05) is 18.6 Å². The highest BCUT2D eigenvalue weighted by Gasteiger charge is 2.30. The van der Waals surface area contributed by atoms with E-state index < -0.39 is 0 Å². The molecule has 2 N–H and O–H groups in total. The average Bonchev–Trinajstić information content (AvgIpc) is 2.48. The second kappa shape index (κ2) is 5.68. The van der Waals surface area contributed by atoms with Gasteiger partial charge in [0.2, 0.25) is 0 Å². The van der Waals surface area contributed by atoms with E-state index in [1.807, 2.05) is 13.8 Å². The van der Waals surface area contributed by atoms with Crippen LogP contribution in [0.4, 0.5) is 0 Å². The quantitative estimate of drug-likeness (QED) is 0.731. The Morgan fingerprint density at radius 1 is 1.60 bits per heavy atom. The molecule has 0 aliphatic carbocycles. The summed E-state index contributed by atoms with van der Waals surface area (Å²) >= 11 is 0. The van der Waals surface area contributed by atoms with Crippen LogP contribution < -0.4 is 5.73 Å². The third kappa shape index (κ3) is 4.82. The van der Waals surface area contributed by atoms with Gasteiger partial charge in [-0.25, -0.2) is 0 Å². The van der Waals surface area contributed by atoms with Gasteiger partial charge in [0.1, 0.15) is 0 Å². The Bertz CT molecular complexity index is 216. The second-order valence-electron chi connectivity index (χ2n) is 4.73. The number of hydrogen-bond donors (Lipinski definition) is 1. The molecule has 1 aliphatic rings. The maximum Gasteiger partial charge on any atom is 0.310 e. The van der Waals surface area contributed by atoms with Gasteiger partial charge in [-0.15, -0.1) is 12.4 Å². The lowest BCUT2D eigenvalue weighted by atomic mass is 10.1. The number of hydrogen-bond acceptors (Lipinski definition) is 4. The lowest BCUT2D eigenvalue weighted by Gasteiger charge is -2.25. The summed E-state index contributed by atoms with van der Waals surface area (Å²) < 4.78 is 4.72. The molecule has 1 fully saturated rings. The first-order valence-corrected chi connectivity index (χ1v) is 5.01. The molecule has 5 heteroatoms. The lowest BCUT2D eigenvalue weighted by Crippen LogP contribution is -2.44. The van der Waals surface area contributed by atoms with Gasteiger partial charge < -0.3 is 15.4 Å². The number of carbonyl (C=O) groups excluding carboxylic acids is 1. The second-order valence-corrected chi connectivity index (χ2v) is 4.73. The van der Waals surface area contributed by atoms with Crippen LogP contribution in [0.15, 0.2) is 0 Å². The van der Waals surface area contributed by atoms with Crippen molar-refractivity contribution in [3.63, 3.8) is 0 Å². The molecule has 1 heterocycles. The van der Waals surface area contributed by atoms with Crippen molar-refractivity contribution in [2.45, 2.75) is 25.8 Å².